The summed E-state index contributed by atoms with van der Waals surface area (Å²) in [6.07, 6.45) is 5.32. The van der Waals surface area contributed by atoms with Crippen molar-refractivity contribution in [3.8, 4) is 0 Å². The lowest BCUT2D eigenvalue weighted by Crippen LogP contribution is -2.02. The van der Waals surface area contributed by atoms with E-state index >= 15 is 0 Å². The summed E-state index contributed by atoms with van der Waals surface area (Å²) in [6, 6.07) is 2.01. The van der Waals surface area contributed by atoms with Crippen LogP contribution < -0.4 is 5.73 Å². The Morgan fingerprint density at radius 1 is 1.46 bits per heavy atom. The monoisotopic (exact) mass is 201 g/mol. The fourth-order valence-corrected chi connectivity index (χ4v) is 2.11. The number of anilines is 1. The van der Waals surface area contributed by atoms with E-state index in [9.17, 15) is 0 Å². The summed E-state index contributed by atoms with van der Waals surface area (Å²) in [5, 5.41) is 4.15. The molecule has 13 heavy (non-hydrogen) atoms. The van der Waals surface area contributed by atoms with Crippen molar-refractivity contribution in [2.24, 2.45) is 7.05 Å². The molecule has 1 aromatic rings. The van der Waals surface area contributed by atoms with Gasteiger partial charge in [-0.15, -0.1) is 12.4 Å². The molecule has 4 heteroatoms. The van der Waals surface area contributed by atoms with Gasteiger partial charge in [0.05, 0.1) is 0 Å². The summed E-state index contributed by atoms with van der Waals surface area (Å²) in [5.41, 5.74) is 6.93. The van der Waals surface area contributed by atoms with Gasteiger partial charge in [-0.05, 0) is 12.8 Å². The van der Waals surface area contributed by atoms with Gasteiger partial charge in [0.15, 0.2) is 0 Å². The van der Waals surface area contributed by atoms with Crippen LogP contribution >= 0.6 is 12.4 Å². The fraction of sp³-hybridized carbons (Fsp3) is 0.667. The zero-order chi connectivity index (χ0) is 8.55. The van der Waals surface area contributed by atoms with Gasteiger partial charge in [0.1, 0.15) is 5.82 Å². The maximum atomic E-state index is 5.62. The molecule has 0 radical (unpaired) electrons. The topological polar surface area (TPSA) is 43.8 Å². The highest BCUT2D eigenvalue weighted by Crippen LogP contribution is 2.34. The van der Waals surface area contributed by atoms with Crippen molar-refractivity contribution in [2.45, 2.75) is 31.6 Å². The quantitative estimate of drug-likeness (QED) is 0.756. The second-order valence-corrected chi connectivity index (χ2v) is 3.60. The highest BCUT2D eigenvalue weighted by Gasteiger charge is 2.20. The summed E-state index contributed by atoms with van der Waals surface area (Å²) >= 11 is 0. The first-order valence-corrected chi connectivity index (χ1v) is 4.57. The average Bonchev–Trinajstić information content (AvgIpc) is 2.58. The highest BCUT2D eigenvalue weighted by molar-refractivity contribution is 5.85. The Kier molecular flexibility index (Phi) is 3.20. The molecule has 1 aliphatic carbocycles. The minimum atomic E-state index is 0. The van der Waals surface area contributed by atoms with Crippen LogP contribution in [0.5, 0.6) is 0 Å². The van der Waals surface area contributed by atoms with Crippen molar-refractivity contribution < 1.29 is 0 Å². The van der Waals surface area contributed by atoms with Gasteiger partial charge in [0.2, 0.25) is 0 Å². The van der Waals surface area contributed by atoms with E-state index in [1.165, 1.54) is 31.4 Å². The summed E-state index contributed by atoms with van der Waals surface area (Å²) in [7, 11) is 1.98. The molecule has 1 fully saturated rings. The van der Waals surface area contributed by atoms with Crippen LogP contribution in [0.4, 0.5) is 5.82 Å². The number of aromatic nitrogens is 2. The maximum absolute atomic E-state index is 5.62. The largest absolute Gasteiger partial charge is 0.382 e. The molecular formula is C9H16ClN3. The average molecular weight is 202 g/mol. The van der Waals surface area contributed by atoms with Gasteiger partial charge in [-0.2, -0.15) is 5.10 Å². The Morgan fingerprint density at radius 2 is 2.08 bits per heavy atom. The molecule has 2 N–H and O–H groups in total. The van der Waals surface area contributed by atoms with Crippen molar-refractivity contribution in [3.05, 3.63) is 11.8 Å². The number of halogens is 1. The molecule has 0 aromatic carbocycles. The van der Waals surface area contributed by atoms with Gasteiger partial charge in [0, 0.05) is 24.7 Å². The van der Waals surface area contributed by atoms with Crippen LogP contribution in [0.15, 0.2) is 6.07 Å². The lowest BCUT2D eigenvalue weighted by atomic mass is 10.0. The number of aryl methyl sites for hydroxylation is 1. The standard InChI is InChI=1S/C9H15N3.ClH/c1-12-8(6-9(10)11-12)7-4-2-3-5-7;/h6-7H,2-5H2,1H3,(H2,10,11);1H. The third-order valence-electron chi connectivity index (χ3n) is 2.71. The third kappa shape index (κ3) is 1.97. The summed E-state index contributed by atoms with van der Waals surface area (Å²) < 4.78 is 1.92. The second-order valence-electron chi connectivity index (χ2n) is 3.60. The number of nitrogens with zero attached hydrogens (tertiary/aromatic N) is 2. The van der Waals surface area contributed by atoms with E-state index in [4.69, 9.17) is 5.73 Å². The molecule has 0 bridgehead atoms. The van der Waals surface area contributed by atoms with Crippen LogP contribution in [0.3, 0.4) is 0 Å². The Bertz CT molecular complexity index is 276. The van der Waals surface area contributed by atoms with Crippen molar-refractivity contribution >= 4 is 18.2 Å². The molecule has 3 nitrogen and oxygen atoms in total. The van der Waals surface area contributed by atoms with Crippen molar-refractivity contribution in [3.63, 3.8) is 0 Å². The molecule has 2 rings (SSSR count). The maximum Gasteiger partial charge on any atom is 0.145 e. The van der Waals surface area contributed by atoms with E-state index in [1.54, 1.807) is 0 Å². The van der Waals surface area contributed by atoms with Crippen molar-refractivity contribution in [2.75, 3.05) is 5.73 Å². The number of nitrogens with two attached hydrogens (primary N) is 1. The Labute approximate surface area is 84.7 Å². The van der Waals surface area contributed by atoms with Gasteiger partial charge in [-0.3, -0.25) is 4.68 Å². The van der Waals surface area contributed by atoms with Gasteiger partial charge < -0.3 is 5.73 Å². The molecule has 1 heterocycles. The smallest absolute Gasteiger partial charge is 0.145 e. The van der Waals surface area contributed by atoms with Gasteiger partial charge in [-0.1, -0.05) is 12.8 Å². The van der Waals surface area contributed by atoms with Gasteiger partial charge in [0.25, 0.3) is 0 Å². The normalized spacial score (nSPS) is 17.3. The molecule has 0 unspecified atom stereocenters. The van der Waals surface area contributed by atoms with E-state index in [0.717, 1.165) is 0 Å². The lowest BCUT2D eigenvalue weighted by Gasteiger charge is -2.07. The fourth-order valence-electron chi connectivity index (χ4n) is 2.11. The highest BCUT2D eigenvalue weighted by atomic mass is 35.5. The van der Waals surface area contributed by atoms with Gasteiger partial charge >= 0.3 is 0 Å². The number of hydrogen-bond donors (Lipinski definition) is 1. The predicted molar refractivity (Wildman–Crippen MR) is 56.1 cm³/mol. The molecule has 0 atom stereocenters. The molecule has 1 aliphatic rings. The minimum Gasteiger partial charge on any atom is -0.382 e. The first kappa shape index (κ1) is 10.4. The lowest BCUT2D eigenvalue weighted by molar-refractivity contribution is 0.618. The number of rotatable bonds is 1. The van der Waals surface area contributed by atoms with Crippen molar-refractivity contribution in [1.82, 2.24) is 9.78 Å². The van der Waals surface area contributed by atoms with Crippen LogP contribution in [0.25, 0.3) is 0 Å². The Balaban J connectivity index is 0.000000845. The SMILES string of the molecule is Cl.Cn1nc(N)cc1C1CCCC1. The molecule has 1 saturated carbocycles. The second kappa shape index (κ2) is 4.01. The molecule has 0 spiro atoms. The Hall–Kier alpha value is -0.700. The zero-order valence-corrected chi connectivity index (χ0v) is 8.68. The van der Waals surface area contributed by atoms with Crippen molar-refractivity contribution in [1.29, 1.82) is 0 Å². The molecule has 74 valence electrons. The van der Waals surface area contributed by atoms with E-state index in [-0.39, 0.29) is 12.4 Å². The van der Waals surface area contributed by atoms with Crippen LogP contribution in [0.1, 0.15) is 37.3 Å². The van der Waals surface area contributed by atoms with Crippen LogP contribution in [0.2, 0.25) is 0 Å². The van der Waals surface area contributed by atoms with E-state index < -0.39 is 0 Å². The first-order chi connectivity index (χ1) is 5.77. The summed E-state index contributed by atoms with van der Waals surface area (Å²) in [5.74, 6) is 1.36. The zero-order valence-electron chi connectivity index (χ0n) is 7.86. The van der Waals surface area contributed by atoms with Crippen LogP contribution in [0, 0.1) is 0 Å². The number of nitrogen functional groups attached to an aromatic ring is 1. The first-order valence-electron chi connectivity index (χ1n) is 4.57. The van der Waals surface area contributed by atoms with Gasteiger partial charge in [-0.25, -0.2) is 0 Å². The molecule has 1 aromatic heterocycles. The van der Waals surface area contributed by atoms with E-state index in [1.807, 2.05) is 17.8 Å². The molecule has 0 saturated heterocycles. The van der Waals surface area contributed by atoms with E-state index in [0.29, 0.717) is 11.7 Å². The molecular weight excluding hydrogens is 186 g/mol. The molecule has 0 aliphatic heterocycles. The molecule has 0 amide bonds. The Morgan fingerprint density at radius 3 is 2.54 bits per heavy atom. The van der Waals surface area contributed by atoms with E-state index in [2.05, 4.69) is 5.10 Å². The predicted octanol–water partition coefficient (Wildman–Crippen LogP) is 2.08. The number of hydrogen-bond acceptors (Lipinski definition) is 2. The summed E-state index contributed by atoms with van der Waals surface area (Å²) in [6.45, 7) is 0. The minimum absolute atomic E-state index is 0. The van der Waals surface area contributed by atoms with Crippen LogP contribution in [-0.4, -0.2) is 9.78 Å². The summed E-state index contributed by atoms with van der Waals surface area (Å²) in [4.78, 5) is 0. The van der Waals surface area contributed by atoms with Crippen LogP contribution in [-0.2, 0) is 7.05 Å². The third-order valence-corrected chi connectivity index (χ3v) is 2.71.